The van der Waals surface area contributed by atoms with Gasteiger partial charge < -0.3 is 9.64 Å². The summed E-state index contributed by atoms with van der Waals surface area (Å²) in [6.45, 7) is 1.21. The largest absolute Gasteiger partial charge is 0.471 e. The fourth-order valence-corrected chi connectivity index (χ4v) is 2.52. The van der Waals surface area contributed by atoms with Gasteiger partial charge in [-0.1, -0.05) is 17.7 Å². The first-order valence-corrected chi connectivity index (χ1v) is 7.08. The van der Waals surface area contributed by atoms with E-state index in [1.54, 1.807) is 47.8 Å². The van der Waals surface area contributed by atoms with Crippen molar-refractivity contribution in [2.24, 2.45) is 0 Å². The minimum atomic E-state index is -0.0511. The van der Waals surface area contributed by atoms with E-state index in [2.05, 4.69) is 9.97 Å². The van der Waals surface area contributed by atoms with Gasteiger partial charge in [-0.3, -0.25) is 9.78 Å². The van der Waals surface area contributed by atoms with Crippen molar-refractivity contribution in [3.63, 3.8) is 0 Å². The van der Waals surface area contributed by atoms with Crippen LogP contribution in [0, 0.1) is 0 Å². The van der Waals surface area contributed by atoms with Gasteiger partial charge in [-0.15, -0.1) is 0 Å². The molecule has 1 aliphatic heterocycles. The summed E-state index contributed by atoms with van der Waals surface area (Å²) >= 11 is 5.92. The number of rotatable bonds is 3. The van der Waals surface area contributed by atoms with E-state index in [1.165, 1.54) is 0 Å². The van der Waals surface area contributed by atoms with Gasteiger partial charge in [0, 0.05) is 35.9 Å². The summed E-state index contributed by atoms with van der Waals surface area (Å²) in [6.07, 6.45) is 5.48. The molecule has 1 amide bonds. The van der Waals surface area contributed by atoms with Gasteiger partial charge in [0.2, 0.25) is 5.88 Å². The summed E-state index contributed by atoms with van der Waals surface area (Å²) in [5.41, 5.74) is 0.600. The van der Waals surface area contributed by atoms with Crippen LogP contribution in [0.15, 0.2) is 42.9 Å². The molecule has 3 rings (SSSR count). The minimum absolute atomic E-state index is 0.0252. The van der Waals surface area contributed by atoms with Crippen LogP contribution in [-0.4, -0.2) is 40.0 Å². The molecule has 1 atom stereocenters. The van der Waals surface area contributed by atoms with E-state index in [9.17, 15) is 4.79 Å². The van der Waals surface area contributed by atoms with Gasteiger partial charge in [-0.25, -0.2) is 4.98 Å². The second kappa shape index (κ2) is 6.10. The van der Waals surface area contributed by atoms with Crippen LogP contribution >= 0.6 is 11.6 Å². The van der Waals surface area contributed by atoms with Crippen molar-refractivity contribution < 1.29 is 9.53 Å². The second-order valence-electron chi connectivity index (χ2n) is 4.83. The number of hydrogen-bond donors (Lipinski definition) is 0. The number of aromatic nitrogens is 2. The molecule has 1 aliphatic rings. The van der Waals surface area contributed by atoms with Crippen molar-refractivity contribution in [2.75, 3.05) is 13.1 Å². The van der Waals surface area contributed by atoms with Crippen LogP contribution in [0.2, 0.25) is 5.02 Å². The normalized spacial score (nSPS) is 17.8. The monoisotopic (exact) mass is 303 g/mol. The standard InChI is InChI=1S/C15H14ClN3O2/c16-12-3-1-2-11(8-12)15(20)19-7-4-13(10-19)21-14-9-17-5-6-18-14/h1-3,5-6,8-9,13H,4,7,10H2. The molecule has 2 aromatic rings. The quantitative estimate of drug-likeness (QED) is 0.874. The third-order valence-corrected chi connectivity index (χ3v) is 3.57. The van der Waals surface area contributed by atoms with Crippen LogP contribution in [0.4, 0.5) is 0 Å². The molecule has 1 fully saturated rings. The molecule has 1 unspecified atom stereocenters. The highest BCUT2D eigenvalue weighted by molar-refractivity contribution is 6.30. The summed E-state index contributed by atoms with van der Waals surface area (Å²) in [5, 5.41) is 0.562. The Bertz CT molecular complexity index is 636. The third kappa shape index (κ3) is 3.31. The molecule has 0 radical (unpaired) electrons. The molecule has 5 nitrogen and oxygen atoms in total. The van der Waals surface area contributed by atoms with Crippen molar-refractivity contribution in [3.8, 4) is 5.88 Å². The van der Waals surface area contributed by atoms with Crippen LogP contribution in [-0.2, 0) is 0 Å². The summed E-state index contributed by atoms with van der Waals surface area (Å²) in [5.74, 6) is 0.460. The molecule has 2 heterocycles. The number of carbonyl (C=O) groups is 1. The van der Waals surface area contributed by atoms with E-state index < -0.39 is 0 Å². The summed E-state index contributed by atoms with van der Waals surface area (Å²) in [4.78, 5) is 22.2. The van der Waals surface area contributed by atoms with Gasteiger partial charge in [0.1, 0.15) is 6.10 Å². The lowest BCUT2D eigenvalue weighted by Crippen LogP contribution is -2.31. The van der Waals surface area contributed by atoms with E-state index in [4.69, 9.17) is 16.3 Å². The molecular weight excluding hydrogens is 290 g/mol. The van der Waals surface area contributed by atoms with Crippen molar-refractivity contribution in [2.45, 2.75) is 12.5 Å². The van der Waals surface area contributed by atoms with Gasteiger partial charge >= 0.3 is 0 Å². The first-order valence-electron chi connectivity index (χ1n) is 6.70. The Balaban J connectivity index is 1.63. The van der Waals surface area contributed by atoms with Gasteiger partial charge in [0.05, 0.1) is 12.7 Å². The van der Waals surface area contributed by atoms with Crippen molar-refractivity contribution in [1.82, 2.24) is 14.9 Å². The van der Waals surface area contributed by atoms with Gasteiger partial charge in [-0.2, -0.15) is 0 Å². The van der Waals surface area contributed by atoms with E-state index in [0.717, 1.165) is 6.42 Å². The average Bonchev–Trinajstić information content (AvgIpc) is 2.96. The Morgan fingerprint density at radius 1 is 1.38 bits per heavy atom. The van der Waals surface area contributed by atoms with E-state index in [1.807, 2.05) is 0 Å². The Labute approximate surface area is 127 Å². The molecule has 1 aromatic heterocycles. The zero-order valence-corrected chi connectivity index (χ0v) is 12.0. The molecule has 6 heteroatoms. The maximum atomic E-state index is 12.4. The molecule has 0 spiro atoms. The van der Waals surface area contributed by atoms with Crippen molar-refractivity contribution in [1.29, 1.82) is 0 Å². The maximum Gasteiger partial charge on any atom is 0.254 e. The second-order valence-corrected chi connectivity index (χ2v) is 5.27. The van der Waals surface area contributed by atoms with Gasteiger partial charge in [0.15, 0.2) is 0 Å². The minimum Gasteiger partial charge on any atom is -0.471 e. The molecular formula is C15H14ClN3O2. The topological polar surface area (TPSA) is 55.3 Å². The molecule has 0 N–H and O–H groups in total. The lowest BCUT2D eigenvalue weighted by molar-refractivity contribution is 0.0771. The highest BCUT2D eigenvalue weighted by Gasteiger charge is 2.28. The smallest absolute Gasteiger partial charge is 0.254 e. The number of halogens is 1. The lowest BCUT2D eigenvalue weighted by atomic mass is 10.2. The Kier molecular flexibility index (Phi) is 4.01. The van der Waals surface area contributed by atoms with Crippen LogP contribution in [0.25, 0.3) is 0 Å². The van der Waals surface area contributed by atoms with Crippen molar-refractivity contribution in [3.05, 3.63) is 53.4 Å². The number of amides is 1. The van der Waals surface area contributed by atoms with Crippen LogP contribution < -0.4 is 4.74 Å². The molecule has 0 aliphatic carbocycles. The zero-order valence-electron chi connectivity index (χ0n) is 11.3. The average molecular weight is 304 g/mol. The van der Waals surface area contributed by atoms with Gasteiger partial charge in [-0.05, 0) is 18.2 Å². The predicted molar refractivity (Wildman–Crippen MR) is 78.4 cm³/mol. The highest BCUT2D eigenvalue weighted by Crippen LogP contribution is 2.19. The number of ether oxygens (including phenoxy) is 1. The number of benzene rings is 1. The highest BCUT2D eigenvalue weighted by atomic mass is 35.5. The molecule has 0 bridgehead atoms. The number of nitrogens with zero attached hydrogens (tertiary/aromatic N) is 3. The van der Waals surface area contributed by atoms with Crippen LogP contribution in [0.3, 0.4) is 0 Å². The summed E-state index contributed by atoms with van der Waals surface area (Å²) < 4.78 is 5.72. The van der Waals surface area contributed by atoms with Gasteiger partial charge in [0.25, 0.3) is 5.91 Å². The van der Waals surface area contributed by atoms with Crippen molar-refractivity contribution >= 4 is 17.5 Å². The zero-order chi connectivity index (χ0) is 14.7. The summed E-state index contributed by atoms with van der Waals surface area (Å²) in [6, 6.07) is 6.98. The van der Waals surface area contributed by atoms with Crippen LogP contribution in [0.1, 0.15) is 16.8 Å². The molecule has 108 valence electrons. The predicted octanol–water partition coefficient (Wildman–Crippen LogP) is 2.42. The van der Waals surface area contributed by atoms with E-state index in [-0.39, 0.29) is 12.0 Å². The number of likely N-dealkylation sites (tertiary alicyclic amines) is 1. The Morgan fingerprint density at radius 2 is 2.29 bits per heavy atom. The maximum absolute atomic E-state index is 12.4. The Hall–Kier alpha value is -2.14. The van der Waals surface area contributed by atoms with Crippen LogP contribution in [0.5, 0.6) is 5.88 Å². The first-order chi connectivity index (χ1) is 10.2. The fraction of sp³-hybridized carbons (Fsp3) is 0.267. The SMILES string of the molecule is O=C(c1cccc(Cl)c1)N1CCC(Oc2cnccn2)C1. The lowest BCUT2D eigenvalue weighted by Gasteiger charge is -2.17. The Morgan fingerprint density at radius 3 is 3.05 bits per heavy atom. The molecule has 1 aromatic carbocycles. The third-order valence-electron chi connectivity index (χ3n) is 3.33. The first kappa shape index (κ1) is 13.8. The molecule has 0 saturated carbocycles. The molecule has 1 saturated heterocycles. The van der Waals surface area contributed by atoms with E-state index in [0.29, 0.717) is 29.6 Å². The number of hydrogen-bond acceptors (Lipinski definition) is 4. The summed E-state index contributed by atoms with van der Waals surface area (Å²) in [7, 11) is 0. The molecule has 21 heavy (non-hydrogen) atoms. The number of carbonyl (C=O) groups excluding carboxylic acids is 1. The van der Waals surface area contributed by atoms with E-state index >= 15 is 0 Å². The fourth-order valence-electron chi connectivity index (χ4n) is 2.33.